The number of pyridine rings is 1. The molecule has 2 aromatic heterocycles. The van der Waals surface area contributed by atoms with E-state index in [0.717, 1.165) is 34.5 Å². The van der Waals surface area contributed by atoms with E-state index in [0.29, 0.717) is 11.5 Å². The fraction of sp³-hybridized carbons (Fsp3) is 0.0714. The molecule has 0 aliphatic heterocycles. The molecule has 8 nitrogen and oxygen atoms in total. The summed E-state index contributed by atoms with van der Waals surface area (Å²) < 4.78 is 42.2. The Labute approximate surface area is 219 Å². The van der Waals surface area contributed by atoms with Crippen LogP contribution in [0.2, 0.25) is 0 Å². The standard InChI is InChI=1S/C28H24FN5O3S/c29-22-9-11-25(12-10-22)38(36,37)32-16-15-31-27-18-20(13-14-30-27)26-19-34(23-6-2-1-3-7-23)33-28(26)21-5-4-8-24(35)17-21/h1-14,17-19,32,35H,15-16H2,(H,30,31). The summed E-state index contributed by atoms with van der Waals surface area (Å²) in [6, 6.07) is 25.0. The molecule has 0 unspecified atom stereocenters. The van der Waals surface area contributed by atoms with Crippen molar-refractivity contribution in [3.05, 3.63) is 109 Å². The topological polar surface area (TPSA) is 109 Å². The Hall–Kier alpha value is -4.54. The third-order valence-corrected chi connectivity index (χ3v) is 7.25. The maximum absolute atomic E-state index is 13.1. The molecule has 38 heavy (non-hydrogen) atoms. The van der Waals surface area contributed by atoms with E-state index in [2.05, 4.69) is 15.0 Å². The average Bonchev–Trinajstić information content (AvgIpc) is 3.38. The van der Waals surface area contributed by atoms with Gasteiger partial charge in [-0.05, 0) is 66.2 Å². The monoisotopic (exact) mass is 529 g/mol. The third-order valence-electron chi connectivity index (χ3n) is 5.77. The lowest BCUT2D eigenvalue weighted by atomic mass is 10.0. The second-order valence-electron chi connectivity index (χ2n) is 8.43. The van der Waals surface area contributed by atoms with Gasteiger partial charge in [0.15, 0.2) is 0 Å². The number of hydrogen-bond acceptors (Lipinski definition) is 6. The van der Waals surface area contributed by atoms with Crippen molar-refractivity contribution in [1.29, 1.82) is 0 Å². The quantitative estimate of drug-likeness (QED) is 0.236. The van der Waals surface area contributed by atoms with E-state index >= 15 is 0 Å². The Bertz CT molecular complexity index is 1660. The number of sulfonamides is 1. The van der Waals surface area contributed by atoms with Gasteiger partial charge in [0.05, 0.1) is 10.6 Å². The molecule has 10 heteroatoms. The maximum Gasteiger partial charge on any atom is 0.240 e. The van der Waals surface area contributed by atoms with Crippen LogP contribution in [0.5, 0.6) is 5.75 Å². The summed E-state index contributed by atoms with van der Waals surface area (Å²) in [6.45, 7) is 0.381. The highest BCUT2D eigenvalue weighted by atomic mass is 32.2. The van der Waals surface area contributed by atoms with Crippen LogP contribution >= 0.6 is 0 Å². The molecular weight excluding hydrogens is 505 g/mol. The molecule has 0 bridgehead atoms. The highest BCUT2D eigenvalue weighted by Crippen LogP contribution is 2.34. The second-order valence-corrected chi connectivity index (χ2v) is 10.2. The summed E-state index contributed by atoms with van der Waals surface area (Å²) in [5.41, 5.74) is 4.02. The van der Waals surface area contributed by atoms with Gasteiger partial charge in [0.1, 0.15) is 23.1 Å². The fourth-order valence-electron chi connectivity index (χ4n) is 3.93. The van der Waals surface area contributed by atoms with E-state index < -0.39 is 15.8 Å². The van der Waals surface area contributed by atoms with E-state index in [-0.39, 0.29) is 23.7 Å². The number of hydrogen-bond donors (Lipinski definition) is 3. The Morgan fingerprint density at radius 2 is 1.66 bits per heavy atom. The summed E-state index contributed by atoms with van der Waals surface area (Å²) in [6.07, 6.45) is 3.58. The molecule has 5 aromatic rings. The molecule has 3 aromatic carbocycles. The minimum atomic E-state index is -3.75. The van der Waals surface area contributed by atoms with Gasteiger partial charge in [0.2, 0.25) is 10.0 Å². The molecule has 2 heterocycles. The van der Waals surface area contributed by atoms with Gasteiger partial charge in [-0.15, -0.1) is 0 Å². The van der Waals surface area contributed by atoms with Crippen LogP contribution in [-0.4, -0.2) is 41.4 Å². The molecule has 0 aliphatic rings. The van der Waals surface area contributed by atoms with Crippen molar-refractivity contribution in [2.75, 3.05) is 18.4 Å². The number of aromatic nitrogens is 3. The Balaban J connectivity index is 1.36. The number of phenolic OH excluding ortho intramolecular Hbond substituents is 1. The van der Waals surface area contributed by atoms with Gasteiger partial charge < -0.3 is 10.4 Å². The molecule has 0 saturated carbocycles. The minimum Gasteiger partial charge on any atom is -0.508 e. The number of halogens is 1. The van der Waals surface area contributed by atoms with E-state index in [9.17, 15) is 17.9 Å². The molecule has 0 amide bonds. The first-order chi connectivity index (χ1) is 18.4. The van der Waals surface area contributed by atoms with E-state index in [1.807, 2.05) is 54.7 Å². The average molecular weight is 530 g/mol. The smallest absolute Gasteiger partial charge is 0.240 e. The molecule has 3 N–H and O–H groups in total. The molecule has 5 rings (SSSR count). The van der Waals surface area contributed by atoms with Crippen LogP contribution in [0, 0.1) is 5.82 Å². The van der Waals surface area contributed by atoms with Gasteiger partial charge in [0, 0.05) is 36.6 Å². The minimum absolute atomic E-state index is 0.00562. The number of phenols is 1. The number of anilines is 1. The second kappa shape index (κ2) is 10.8. The van der Waals surface area contributed by atoms with Gasteiger partial charge in [0.25, 0.3) is 0 Å². The van der Waals surface area contributed by atoms with Gasteiger partial charge in [-0.1, -0.05) is 30.3 Å². The summed E-state index contributed by atoms with van der Waals surface area (Å²) in [5, 5.41) is 18.0. The first kappa shape index (κ1) is 25.1. The normalized spacial score (nSPS) is 11.4. The highest BCUT2D eigenvalue weighted by molar-refractivity contribution is 7.89. The number of aromatic hydroxyl groups is 1. The number of nitrogens with zero attached hydrogens (tertiary/aromatic N) is 3. The molecule has 0 aliphatic carbocycles. The number of para-hydroxylation sites is 1. The number of nitrogens with one attached hydrogen (secondary N) is 2. The van der Waals surface area contributed by atoms with Gasteiger partial charge in [-0.3, -0.25) is 0 Å². The maximum atomic E-state index is 13.1. The molecule has 0 fully saturated rings. The Morgan fingerprint density at radius 3 is 2.42 bits per heavy atom. The van der Waals surface area contributed by atoms with Crippen molar-refractivity contribution in [3.63, 3.8) is 0 Å². The summed E-state index contributed by atoms with van der Waals surface area (Å²) in [5.74, 6) is 0.193. The zero-order valence-corrected chi connectivity index (χ0v) is 20.9. The van der Waals surface area contributed by atoms with Crippen LogP contribution in [0.3, 0.4) is 0 Å². The number of rotatable bonds is 9. The van der Waals surface area contributed by atoms with Crippen LogP contribution in [-0.2, 0) is 10.0 Å². The first-order valence-corrected chi connectivity index (χ1v) is 13.3. The summed E-state index contributed by atoms with van der Waals surface area (Å²) in [7, 11) is -3.75. The summed E-state index contributed by atoms with van der Waals surface area (Å²) in [4.78, 5) is 4.35. The molecule has 0 saturated heterocycles. The lowest BCUT2D eigenvalue weighted by Crippen LogP contribution is -2.29. The van der Waals surface area contributed by atoms with Gasteiger partial charge in [-0.2, -0.15) is 5.10 Å². The molecule has 0 radical (unpaired) electrons. The van der Waals surface area contributed by atoms with Crippen molar-refractivity contribution in [2.24, 2.45) is 0 Å². The number of benzene rings is 3. The highest BCUT2D eigenvalue weighted by Gasteiger charge is 2.16. The van der Waals surface area contributed by atoms with Crippen LogP contribution in [0.25, 0.3) is 28.1 Å². The van der Waals surface area contributed by atoms with Crippen LogP contribution in [0.4, 0.5) is 10.2 Å². The zero-order valence-electron chi connectivity index (χ0n) is 20.1. The van der Waals surface area contributed by atoms with Crippen molar-refractivity contribution < 1.29 is 17.9 Å². The molecule has 192 valence electrons. The molecule has 0 spiro atoms. The Morgan fingerprint density at radius 1 is 0.868 bits per heavy atom. The lowest BCUT2D eigenvalue weighted by Gasteiger charge is -2.10. The van der Waals surface area contributed by atoms with Crippen LogP contribution in [0.1, 0.15) is 0 Å². The SMILES string of the molecule is O=S(=O)(NCCNc1cc(-c2cn(-c3ccccc3)nc2-c2cccc(O)c2)ccn1)c1ccc(F)cc1. The van der Waals surface area contributed by atoms with Crippen molar-refractivity contribution in [3.8, 4) is 33.8 Å². The summed E-state index contributed by atoms with van der Waals surface area (Å²) >= 11 is 0. The lowest BCUT2D eigenvalue weighted by molar-refractivity contribution is 0.475. The zero-order chi connectivity index (χ0) is 26.5. The van der Waals surface area contributed by atoms with Crippen molar-refractivity contribution in [2.45, 2.75) is 4.90 Å². The molecular formula is C28H24FN5O3S. The fourth-order valence-corrected chi connectivity index (χ4v) is 4.96. The van der Waals surface area contributed by atoms with E-state index in [4.69, 9.17) is 5.10 Å². The van der Waals surface area contributed by atoms with Crippen molar-refractivity contribution >= 4 is 15.8 Å². The predicted octanol–water partition coefficient (Wildman–Crippen LogP) is 4.84. The van der Waals surface area contributed by atoms with Gasteiger partial charge >= 0.3 is 0 Å². The van der Waals surface area contributed by atoms with Crippen LogP contribution in [0.15, 0.2) is 108 Å². The van der Waals surface area contributed by atoms with E-state index in [1.54, 1.807) is 29.1 Å². The predicted molar refractivity (Wildman–Crippen MR) is 144 cm³/mol. The van der Waals surface area contributed by atoms with E-state index in [1.165, 1.54) is 12.1 Å². The Kier molecular flexibility index (Phi) is 7.16. The largest absolute Gasteiger partial charge is 0.508 e. The van der Waals surface area contributed by atoms with Crippen LogP contribution < -0.4 is 10.0 Å². The first-order valence-electron chi connectivity index (χ1n) is 11.8. The third kappa shape index (κ3) is 5.72. The van der Waals surface area contributed by atoms with Crippen molar-refractivity contribution in [1.82, 2.24) is 19.5 Å². The van der Waals surface area contributed by atoms with Gasteiger partial charge in [-0.25, -0.2) is 27.2 Å². The molecule has 0 atom stereocenters.